The molecule has 0 saturated heterocycles. The van der Waals surface area contributed by atoms with Gasteiger partial charge in [0.2, 0.25) is 0 Å². The number of aromatic nitrogens is 1. The number of nitrogens with zero attached hydrogens (tertiary/aromatic N) is 1. The Kier molecular flexibility index (Phi) is 3.11. The van der Waals surface area contributed by atoms with E-state index in [9.17, 15) is 4.79 Å². The highest BCUT2D eigenvalue weighted by atomic mass is 16.1. The average molecular weight is 228 g/mol. The van der Waals surface area contributed by atoms with Crippen molar-refractivity contribution in [1.29, 1.82) is 0 Å². The van der Waals surface area contributed by atoms with E-state index in [1.54, 1.807) is 11.6 Å². The van der Waals surface area contributed by atoms with E-state index in [1.807, 2.05) is 43.3 Å². The summed E-state index contributed by atoms with van der Waals surface area (Å²) in [5.74, 6) is 0. The second-order valence-corrected chi connectivity index (χ2v) is 4.13. The van der Waals surface area contributed by atoms with Crippen LogP contribution >= 0.6 is 0 Å². The van der Waals surface area contributed by atoms with Gasteiger partial charge in [0, 0.05) is 24.7 Å². The lowest BCUT2D eigenvalue weighted by atomic mass is 10.0. The van der Waals surface area contributed by atoms with Gasteiger partial charge in [-0.05, 0) is 18.6 Å². The molecular formula is C14H16N2O. The first-order chi connectivity index (χ1) is 8.15. The van der Waals surface area contributed by atoms with Gasteiger partial charge < -0.3 is 10.3 Å². The molecule has 0 saturated carbocycles. The summed E-state index contributed by atoms with van der Waals surface area (Å²) < 4.78 is 1.66. The lowest BCUT2D eigenvalue weighted by Gasteiger charge is -2.11. The van der Waals surface area contributed by atoms with Crippen molar-refractivity contribution in [2.24, 2.45) is 12.8 Å². The summed E-state index contributed by atoms with van der Waals surface area (Å²) in [5, 5.41) is 0. The molecule has 0 aliphatic heterocycles. The molecule has 0 atom stereocenters. The summed E-state index contributed by atoms with van der Waals surface area (Å²) >= 11 is 0. The number of hydrogen-bond donors (Lipinski definition) is 1. The van der Waals surface area contributed by atoms with Gasteiger partial charge in [0.1, 0.15) is 0 Å². The van der Waals surface area contributed by atoms with E-state index >= 15 is 0 Å². The minimum absolute atomic E-state index is 0.0201. The first kappa shape index (κ1) is 11.6. The number of nitrogens with two attached hydrogens (primary N) is 1. The zero-order chi connectivity index (χ0) is 12.4. The van der Waals surface area contributed by atoms with Crippen LogP contribution in [0.4, 0.5) is 0 Å². The van der Waals surface area contributed by atoms with Crippen molar-refractivity contribution in [3.8, 4) is 11.3 Å². The first-order valence-corrected chi connectivity index (χ1v) is 5.60. The van der Waals surface area contributed by atoms with Crippen LogP contribution < -0.4 is 11.3 Å². The molecule has 0 fully saturated rings. The minimum atomic E-state index is -0.0201. The number of pyridine rings is 1. The molecule has 1 aromatic heterocycles. The third-order valence-corrected chi connectivity index (χ3v) is 3.02. The molecule has 0 unspecified atom stereocenters. The van der Waals surface area contributed by atoms with Crippen molar-refractivity contribution >= 4 is 0 Å². The molecular weight excluding hydrogens is 212 g/mol. The Hall–Kier alpha value is -1.87. The van der Waals surface area contributed by atoms with Gasteiger partial charge in [-0.25, -0.2) is 0 Å². The van der Waals surface area contributed by atoms with Gasteiger partial charge in [-0.15, -0.1) is 0 Å². The van der Waals surface area contributed by atoms with Crippen LogP contribution in [0.2, 0.25) is 0 Å². The van der Waals surface area contributed by atoms with Crippen LogP contribution in [0, 0.1) is 6.92 Å². The third-order valence-electron chi connectivity index (χ3n) is 3.02. The van der Waals surface area contributed by atoms with Crippen LogP contribution in [0.3, 0.4) is 0 Å². The molecule has 3 heteroatoms. The Balaban J connectivity index is 2.66. The highest BCUT2D eigenvalue weighted by molar-refractivity contribution is 5.63. The SMILES string of the molecule is Cc1ccccc1-c1ccc(CN)c(=O)n1C. The summed E-state index contributed by atoms with van der Waals surface area (Å²) in [6, 6.07) is 11.8. The smallest absolute Gasteiger partial charge is 0.255 e. The Labute approximate surface area is 101 Å². The molecule has 0 radical (unpaired) electrons. The number of hydrogen-bond acceptors (Lipinski definition) is 2. The van der Waals surface area contributed by atoms with Crippen molar-refractivity contribution in [1.82, 2.24) is 4.57 Å². The van der Waals surface area contributed by atoms with Crippen molar-refractivity contribution in [2.75, 3.05) is 0 Å². The second kappa shape index (κ2) is 4.55. The van der Waals surface area contributed by atoms with Gasteiger partial charge in [0.05, 0.1) is 5.69 Å². The summed E-state index contributed by atoms with van der Waals surface area (Å²) in [6.07, 6.45) is 0. The maximum Gasteiger partial charge on any atom is 0.255 e. The lowest BCUT2D eigenvalue weighted by molar-refractivity contribution is 0.838. The van der Waals surface area contributed by atoms with E-state index in [-0.39, 0.29) is 12.1 Å². The fraction of sp³-hybridized carbons (Fsp3) is 0.214. The molecule has 0 amide bonds. The zero-order valence-electron chi connectivity index (χ0n) is 10.1. The van der Waals surface area contributed by atoms with Crippen LogP contribution in [0.1, 0.15) is 11.1 Å². The van der Waals surface area contributed by atoms with Gasteiger partial charge in [-0.3, -0.25) is 4.79 Å². The molecule has 1 heterocycles. The number of benzene rings is 1. The quantitative estimate of drug-likeness (QED) is 0.852. The number of rotatable bonds is 2. The number of aryl methyl sites for hydroxylation is 1. The largest absolute Gasteiger partial charge is 0.326 e. The zero-order valence-corrected chi connectivity index (χ0v) is 10.1. The monoisotopic (exact) mass is 228 g/mol. The predicted octanol–water partition coefficient (Wildman–Crippen LogP) is 1.82. The van der Waals surface area contributed by atoms with Gasteiger partial charge in [0.15, 0.2) is 0 Å². The lowest BCUT2D eigenvalue weighted by Crippen LogP contribution is -2.24. The molecule has 2 N–H and O–H groups in total. The van der Waals surface area contributed by atoms with E-state index in [0.717, 1.165) is 16.8 Å². The normalized spacial score (nSPS) is 10.5. The fourth-order valence-electron chi connectivity index (χ4n) is 1.97. The van der Waals surface area contributed by atoms with E-state index < -0.39 is 0 Å². The van der Waals surface area contributed by atoms with Crippen molar-refractivity contribution < 1.29 is 0 Å². The predicted molar refractivity (Wildman–Crippen MR) is 69.7 cm³/mol. The highest BCUT2D eigenvalue weighted by Crippen LogP contribution is 2.21. The molecule has 0 aliphatic carbocycles. The Morgan fingerprint density at radius 2 is 1.88 bits per heavy atom. The Bertz CT molecular complexity index is 599. The van der Waals surface area contributed by atoms with E-state index in [1.165, 1.54) is 0 Å². The maximum absolute atomic E-state index is 12.0. The summed E-state index contributed by atoms with van der Waals surface area (Å²) in [5.41, 5.74) is 9.30. The Morgan fingerprint density at radius 1 is 1.18 bits per heavy atom. The molecule has 17 heavy (non-hydrogen) atoms. The van der Waals surface area contributed by atoms with Gasteiger partial charge in [0.25, 0.3) is 5.56 Å². The summed E-state index contributed by atoms with van der Waals surface area (Å²) in [6.45, 7) is 2.32. The first-order valence-electron chi connectivity index (χ1n) is 5.60. The van der Waals surface area contributed by atoms with Crippen molar-refractivity contribution in [3.63, 3.8) is 0 Å². The minimum Gasteiger partial charge on any atom is -0.326 e. The van der Waals surface area contributed by atoms with E-state index in [0.29, 0.717) is 5.56 Å². The average Bonchev–Trinajstić information content (AvgIpc) is 2.34. The van der Waals surface area contributed by atoms with Crippen molar-refractivity contribution in [3.05, 3.63) is 57.9 Å². The van der Waals surface area contributed by atoms with E-state index in [4.69, 9.17) is 5.73 Å². The summed E-state index contributed by atoms with van der Waals surface area (Å²) in [7, 11) is 1.78. The van der Waals surface area contributed by atoms with Gasteiger partial charge in [-0.1, -0.05) is 30.3 Å². The maximum atomic E-state index is 12.0. The molecule has 1 aromatic carbocycles. The fourth-order valence-corrected chi connectivity index (χ4v) is 1.97. The topological polar surface area (TPSA) is 48.0 Å². The van der Waals surface area contributed by atoms with Crippen LogP contribution in [0.15, 0.2) is 41.2 Å². The molecule has 2 rings (SSSR count). The third kappa shape index (κ3) is 2.01. The molecule has 0 spiro atoms. The molecule has 88 valence electrons. The van der Waals surface area contributed by atoms with Crippen LogP contribution in [0.5, 0.6) is 0 Å². The van der Waals surface area contributed by atoms with Crippen molar-refractivity contribution in [2.45, 2.75) is 13.5 Å². The highest BCUT2D eigenvalue weighted by Gasteiger charge is 2.07. The van der Waals surface area contributed by atoms with E-state index in [2.05, 4.69) is 0 Å². The van der Waals surface area contributed by atoms with Crippen LogP contribution in [-0.4, -0.2) is 4.57 Å². The molecule has 0 bridgehead atoms. The molecule has 2 aromatic rings. The Morgan fingerprint density at radius 3 is 2.53 bits per heavy atom. The van der Waals surface area contributed by atoms with Crippen LogP contribution in [-0.2, 0) is 13.6 Å². The summed E-state index contributed by atoms with van der Waals surface area (Å²) in [4.78, 5) is 12.0. The molecule has 0 aliphatic rings. The van der Waals surface area contributed by atoms with Gasteiger partial charge >= 0.3 is 0 Å². The molecule has 3 nitrogen and oxygen atoms in total. The van der Waals surface area contributed by atoms with Gasteiger partial charge in [-0.2, -0.15) is 0 Å². The standard InChI is InChI=1S/C14H16N2O/c1-10-5-3-4-6-12(10)13-8-7-11(9-15)14(17)16(13)2/h3-8H,9,15H2,1-2H3. The second-order valence-electron chi connectivity index (χ2n) is 4.13. The van der Waals surface area contributed by atoms with Crippen LogP contribution in [0.25, 0.3) is 11.3 Å².